The summed E-state index contributed by atoms with van der Waals surface area (Å²) in [7, 11) is 0. The number of benzene rings is 1. The van der Waals surface area contributed by atoms with E-state index in [0.29, 0.717) is 12.3 Å². The second-order valence-corrected chi connectivity index (χ2v) is 6.90. The summed E-state index contributed by atoms with van der Waals surface area (Å²) in [6, 6.07) is 6.05. The van der Waals surface area contributed by atoms with Gasteiger partial charge in [0.2, 0.25) is 5.91 Å². The molecule has 1 rings (SSSR count). The summed E-state index contributed by atoms with van der Waals surface area (Å²) in [5.74, 6) is 0.430. The molecule has 5 heteroatoms. The minimum Gasteiger partial charge on any atom is -0.354 e. The monoisotopic (exact) mass is 330 g/mol. The molecule has 1 amide bonds. The lowest BCUT2D eigenvalue weighted by Gasteiger charge is -2.18. The van der Waals surface area contributed by atoms with Gasteiger partial charge >= 0.3 is 0 Å². The molecule has 0 aliphatic carbocycles. The fraction of sp³-hybridized carbons (Fsp3) is 0.462. The summed E-state index contributed by atoms with van der Waals surface area (Å²) < 4.78 is 1.05. The summed E-state index contributed by atoms with van der Waals surface area (Å²) in [6.07, 6.45) is 0. The van der Waals surface area contributed by atoms with Crippen LogP contribution in [0.5, 0.6) is 0 Å². The molecule has 0 aliphatic heterocycles. The maximum Gasteiger partial charge on any atom is 0.230 e. The Bertz CT molecular complexity index is 429. The molecule has 0 atom stereocenters. The molecule has 3 N–H and O–H groups in total. The van der Waals surface area contributed by atoms with Gasteiger partial charge in [-0.3, -0.25) is 4.79 Å². The van der Waals surface area contributed by atoms with Crippen molar-refractivity contribution < 1.29 is 4.79 Å². The number of nitrogens with two attached hydrogens (primary N) is 1. The Balaban J connectivity index is 2.43. The maximum absolute atomic E-state index is 11.6. The van der Waals surface area contributed by atoms with Crippen LogP contribution in [-0.4, -0.2) is 23.7 Å². The molecule has 0 fully saturated rings. The van der Waals surface area contributed by atoms with Gasteiger partial charge in [0.15, 0.2) is 0 Å². The van der Waals surface area contributed by atoms with Gasteiger partial charge in [0.05, 0.1) is 5.75 Å². The van der Waals surface area contributed by atoms with Crippen molar-refractivity contribution in [1.29, 1.82) is 0 Å². The Hall–Kier alpha value is -0.520. The van der Waals surface area contributed by atoms with Crippen molar-refractivity contribution in [3.05, 3.63) is 28.2 Å². The summed E-state index contributed by atoms with van der Waals surface area (Å²) in [5, 5.41) is 2.83. The minimum atomic E-state index is -0.367. The molecule has 0 radical (unpaired) electrons. The van der Waals surface area contributed by atoms with E-state index in [4.69, 9.17) is 5.73 Å². The van der Waals surface area contributed by atoms with Crippen LogP contribution in [-0.2, 0) is 4.79 Å². The van der Waals surface area contributed by atoms with Gasteiger partial charge in [0.1, 0.15) is 0 Å². The summed E-state index contributed by atoms with van der Waals surface area (Å²) in [4.78, 5) is 12.8. The van der Waals surface area contributed by atoms with Gasteiger partial charge in [-0.25, -0.2) is 0 Å². The fourth-order valence-corrected chi connectivity index (χ4v) is 2.61. The average Bonchev–Trinajstić information content (AvgIpc) is 2.24. The summed E-state index contributed by atoms with van der Waals surface area (Å²) >= 11 is 4.96. The van der Waals surface area contributed by atoms with Gasteiger partial charge in [0.25, 0.3) is 0 Å². The number of hydrogen-bond acceptors (Lipinski definition) is 3. The van der Waals surface area contributed by atoms with Crippen molar-refractivity contribution in [2.75, 3.05) is 12.3 Å². The van der Waals surface area contributed by atoms with Gasteiger partial charge < -0.3 is 11.1 Å². The van der Waals surface area contributed by atoms with Crippen LogP contribution in [0.15, 0.2) is 27.6 Å². The fourth-order valence-electron chi connectivity index (χ4n) is 1.30. The zero-order chi connectivity index (χ0) is 13.8. The van der Waals surface area contributed by atoms with E-state index in [9.17, 15) is 4.79 Å². The van der Waals surface area contributed by atoms with Crippen molar-refractivity contribution in [2.45, 2.75) is 31.2 Å². The standard InChI is InChI=1S/C13H19BrN2OS/c1-9-6-10(14)4-5-11(9)18-7-12(17)16-8-13(2,3)15/h4-6H,7-8,15H2,1-3H3,(H,16,17). The van der Waals surface area contributed by atoms with Gasteiger partial charge in [-0.2, -0.15) is 0 Å². The third kappa shape index (κ3) is 5.89. The second-order valence-electron chi connectivity index (χ2n) is 4.96. The number of thioether (sulfide) groups is 1. The van der Waals surface area contributed by atoms with E-state index in [0.717, 1.165) is 9.37 Å². The molecular formula is C13H19BrN2OS. The first-order valence-corrected chi connectivity index (χ1v) is 7.50. The first-order valence-electron chi connectivity index (χ1n) is 5.72. The van der Waals surface area contributed by atoms with Crippen LogP contribution in [0.25, 0.3) is 0 Å². The van der Waals surface area contributed by atoms with Crippen molar-refractivity contribution in [3.8, 4) is 0 Å². The Labute approximate surface area is 121 Å². The lowest BCUT2D eigenvalue weighted by Crippen LogP contribution is -2.45. The number of aryl methyl sites for hydroxylation is 1. The lowest BCUT2D eigenvalue weighted by atomic mass is 10.1. The van der Waals surface area contributed by atoms with E-state index >= 15 is 0 Å². The lowest BCUT2D eigenvalue weighted by molar-refractivity contribution is -0.118. The molecule has 0 unspecified atom stereocenters. The van der Waals surface area contributed by atoms with Crippen LogP contribution in [0.4, 0.5) is 0 Å². The van der Waals surface area contributed by atoms with E-state index in [2.05, 4.69) is 21.2 Å². The van der Waals surface area contributed by atoms with Crippen molar-refractivity contribution in [2.24, 2.45) is 5.73 Å². The van der Waals surface area contributed by atoms with Gasteiger partial charge in [0, 0.05) is 21.5 Å². The highest BCUT2D eigenvalue weighted by Crippen LogP contribution is 2.24. The molecule has 0 saturated heterocycles. The highest BCUT2D eigenvalue weighted by molar-refractivity contribution is 9.10. The molecule has 1 aromatic carbocycles. The molecule has 0 saturated carbocycles. The first kappa shape index (κ1) is 15.5. The van der Waals surface area contributed by atoms with Gasteiger partial charge in [-0.1, -0.05) is 15.9 Å². The first-order chi connectivity index (χ1) is 8.28. The summed E-state index contributed by atoms with van der Waals surface area (Å²) in [6.45, 7) is 6.30. The number of carbonyl (C=O) groups is 1. The minimum absolute atomic E-state index is 0.0147. The predicted octanol–water partition coefficient (Wildman–Crippen LogP) is 2.70. The SMILES string of the molecule is Cc1cc(Br)ccc1SCC(=O)NCC(C)(C)N. The molecule has 3 nitrogen and oxygen atoms in total. The van der Waals surface area contributed by atoms with Crippen LogP contribution < -0.4 is 11.1 Å². The van der Waals surface area contributed by atoms with E-state index in [-0.39, 0.29) is 11.4 Å². The molecular weight excluding hydrogens is 312 g/mol. The van der Waals surface area contributed by atoms with Crippen LogP contribution in [0.1, 0.15) is 19.4 Å². The Morgan fingerprint density at radius 3 is 2.72 bits per heavy atom. The van der Waals surface area contributed by atoms with Crippen LogP contribution in [0.2, 0.25) is 0 Å². The number of carbonyl (C=O) groups excluding carboxylic acids is 1. The van der Waals surface area contributed by atoms with Crippen LogP contribution in [0, 0.1) is 6.92 Å². The smallest absolute Gasteiger partial charge is 0.230 e. The molecule has 0 heterocycles. The van der Waals surface area contributed by atoms with E-state index in [1.165, 1.54) is 5.56 Å². The largest absolute Gasteiger partial charge is 0.354 e. The number of amides is 1. The quantitative estimate of drug-likeness (QED) is 0.816. The van der Waals surface area contributed by atoms with Gasteiger partial charge in [-0.15, -0.1) is 11.8 Å². The molecule has 18 heavy (non-hydrogen) atoms. The average molecular weight is 331 g/mol. The number of nitrogens with one attached hydrogen (secondary N) is 1. The third-order valence-electron chi connectivity index (χ3n) is 2.24. The topological polar surface area (TPSA) is 55.1 Å². The second kappa shape index (κ2) is 6.59. The number of rotatable bonds is 5. The summed E-state index contributed by atoms with van der Waals surface area (Å²) in [5.41, 5.74) is 6.61. The zero-order valence-corrected chi connectivity index (χ0v) is 13.3. The van der Waals surface area contributed by atoms with Crippen molar-refractivity contribution >= 4 is 33.6 Å². The Morgan fingerprint density at radius 2 is 2.17 bits per heavy atom. The van der Waals surface area contributed by atoms with E-state index < -0.39 is 0 Å². The Morgan fingerprint density at radius 1 is 1.50 bits per heavy atom. The Kier molecular flexibility index (Phi) is 5.69. The third-order valence-corrected chi connectivity index (χ3v) is 3.91. The van der Waals surface area contributed by atoms with Crippen LogP contribution >= 0.6 is 27.7 Å². The molecule has 0 bridgehead atoms. The molecule has 0 spiro atoms. The van der Waals surface area contributed by atoms with Gasteiger partial charge in [-0.05, 0) is 44.5 Å². The molecule has 0 aromatic heterocycles. The normalized spacial score (nSPS) is 11.4. The zero-order valence-electron chi connectivity index (χ0n) is 10.9. The van der Waals surface area contributed by atoms with Crippen molar-refractivity contribution in [3.63, 3.8) is 0 Å². The van der Waals surface area contributed by atoms with Crippen molar-refractivity contribution in [1.82, 2.24) is 5.32 Å². The van der Waals surface area contributed by atoms with E-state index in [1.807, 2.05) is 39.0 Å². The highest BCUT2D eigenvalue weighted by atomic mass is 79.9. The van der Waals surface area contributed by atoms with E-state index in [1.54, 1.807) is 11.8 Å². The van der Waals surface area contributed by atoms with Crippen LogP contribution in [0.3, 0.4) is 0 Å². The number of halogens is 1. The predicted molar refractivity (Wildman–Crippen MR) is 80.9 cm³/mol. The molecule has 1 aromatic rings. The highest BCUT2D eigenvalue weighted by Gasteiger charge is 2.12. The number of hydrogen-bond donors (Lipinski definition) is 2. The molecule has 0 aliphatic rings. The maximum atomic E-state index is 11.6. The molecule has 100 valence electrons.